The Morgan fingerprint density at radius 3 is 2.56 bits per heavy atom. The Labute approximate surface area is 115 Å². The van der Waals surface area contributed by atoms with Crippen molar-refractivity contribution in [2.45, 2.75) is 12.8 Å². The third kappa shape index (κ3) is 5.93. The maximum absolute atomic E-state index is 11.6. The SMILES string of the molecule is O=C(O)CCSCCC(=O)Nc1ccccc1Cl. The number of halogens is 1. The molecule has 1 rings (SSSR count). The fourth-order valence-corrected chi connectivity index (χ4v) is 2.24. The summed E-state index contributed by atoms with van der Waals surface area (Å²) in [4.78, 5) is 21.8. The van der Waals surface area contributed by atoms with Crippen LogP contribution in [0.3, 0.4) is 0 Å². The number of carbonyl (C=O) groups excluding carboxylic acids is 1. The van der Waals surface area contributed by atoms with E-state index in [1.807, 2.05) is 0 Å². The van der Waals surface area contributed by atoms with Crippen LogP contribution in [0.2, 0.25) is 5.02 Å². The highest BCUT2D eigenvalue weighted by atomic mass is 35.5. The van der Waals surface area contributed by atoms with E-state index in [-0.39, 0.29) is 12.3 Å². The van der Waals surface area contributed by atoms with Gasteiger partial charge in [-0.2, -0.15) is 11.8 Å². The number of nitrogens with one attached hydrogen (secondary N) is 1. The molecule has 1 aromatic carbocycles. The van der Waals surface area contributed by atoms with Crippen molar-refractivity contribution in [3.05, 3.63) is 29.3 Å². The molecule has 0 aliphatic heterocycles. The highest BCUT2D eigenvalue weighted by Gasteiger charge is 2.05. The first-order valence-electron chi connectivity index (χ1n) is 5.43. The van der Waals surface area contributed by atoms with Crippen LogP contribution < -0.4 is 5.32 Å². The van der Waals surface area contributed by atoms with Gasteiger partial charge in [0.25, 0.3) is 0 Å². The van der Waals surface area contributed by atoms with Gasteiger partial charge in [0.15, 0.2) is 0 Å². The number of hydrogen-bond donors (Lipinski definition) is 2. The van der Waals surface area contributed by atoms with Crippen molar-refractivity contribution in [1.82, 2.24) is 0 Å². The van der Waals surface area contributed by atoms with Crippen LogP contribution in [0.15, 0.2) is 24.3 Å². The van der Waals surface area contributed by atoms with Crippen LogP contribution in [-0.4, -0.2) is 28.5 Å². The smallest absolute Gasteiger partial charge is 0.304 e. The molecule has 0 aliphatic carbocycles. The van der Waals surface area contributed by atoms with Crippen molar-refractivity contribution in [3.63, 3.8) is 0 Å². The topological polar surface area (TPSA) is 66.4 Å². The minimum Gasteiger partial charge on any atom is -0.481 e. The quantitative estimate of drug-likeness (QED) is 0.757. The van der Waals surface area contributed by atoms with Crippen molar-refractivity contribution in [3.8, 4) is 0 Å². The van der Waals surface area contributed by atoms with Crippen LogP contribution in [-0.2, 0) is 9.59 Å². The molecule has 1 aromatic rings. The van der Waals surface area contributed by atoms with Gasteiger partial charge in [0.05, 0.1) is 17.1 Å². The standard InChI is InChI=1S/C12H14ClNO3S/c13-9-3-1-2-4-10(9)14-11(15)5-7-18-8-6-12(16)17/h1-4H,5-8H2,(H,14,15)(H,16,17). The number of rotatable bonds is 7. The number of carboxylic acid groups (broad SMARTS) is 1. The number of carboxylic acids is 1. The summed E-state index contributed by atoms with van der Waals surface area (Å²) in [5.41, 5.74) is 0.597. The summed E-state index contributed by atoms with van der Waals surface area (Å²) < 4.78 is 0. The zero-order valence-electron chi connectivity index (χ0n) is 9.69. The van der Waals surface area contributed by atoms with Gasteiger partial charge in [-0.05, 0) is 12.1 Å². The Morgan fingerprint density at radius 2 is 1.89 bits per heavy atom. The van der Waals surface area contributed by atoms with Crippen molar-refractivity contribution >= 4 is 40.9 Å². The monoisotopic (exact) mass is 287 g/mol. The van der Waals surface area contributed by atoms with Crippen molar-refractivity contribution in [2.24, 2.45) is 0 Å². The maximum Gasteiger partial charge on any atom is 0.304 e. The third-order valence-corrected chi connectivity index (χ3v) is 3.40. The van der Waals surface area contributed by atoms with Crippen molar-refractivity contribution < 1.29 is 14.7 Å². The second-order valence-electron chi connectivity index (χ2n) is 3.53. The normalized spacial score (nSPS) is 10.1. The largest absolute Gasteiger partial charge is 0.481 e. The fourth-order valence-electron chi connectivity index (χ4n) is 1.20. The van der Waals surface area contributed by atoms with Gasteiger partial charge in [-0.3, -0.25) is 9.59 Å². The predicted molar refractivity (Wildman–Crippen MR) is 74.3 cm³/mol. The minimum atomic E-state index is -0.817. The van der Waals surface area contributed by atoms with Gasteiger partial charge >= 0.3 is 5.97 Å². The van der Waals surface area contributed by atoms with Crippen LogP contribution in [0, 0.1) is 0 Å². The highest BCUT2D eigenvalue weighted by Crippen LogP contribution is 2.20. The van der Waals surface area contributed by atoms with E-state index < -0.39 is 5.97 Å². The molecule has 0 heterocycles. The van der Waals surface area contributed by atoms with Gasteiger partial charge < -0.3 is 10.4 Å². The lowest BCUT2D eigenvalue weighted by Gasteiger charge is -2.06. The molecular weight excluding hydrogens is 274 g/mol. The molecule has 4 nitrogen and oxygen atoms in total. The van der Waals surface area contributed by atoms with Crippen molar-refractivity contribution in [2.75, 3.05) is 16.8 Å². The summed E-state index contributed by atoms with van der Waals surface area (Å²) in [6.45, 7) is 0. The minimum absolute atomic E-state index is 0.120. The summed E-state index contributed by atoms with van der Waals surface area (Å²) in [5, 5.41) is 11.7. The van der Waals surface area contributed by atoms with Crippen LogP contribution in [0.4, 0.5) is 5.69 Å². The zero-order valence-corrected chi connectivity index (χ0v) is 11.3. The lowest BCUT2D eigenvalue weighted by Crippen LogP contribution is -2.12. The first kappa shape index (κ1) is 14.9. The summed E-state index contributed by atoms with van der Waals surface area (Å²) >= 11 is 7.35. The number of anilines is 1. The van der Waals surface area contributed by atoms with Crippen LogP contribution >= 0.6 is 23.4 Å². The van der Waals surface area contributed by atoms with E-state index in [2.05, 4.69) is 5.32 Å². The molecular formula is C12H14ClNO3S. The first-order chi connectivity index (χ1) is 8.59. The average Bonchev–Trinajstić information content (AvgIpc) is 2.31. The summed E-state index contributed by atoms with van der Waals surface area (Å²) in [6, 6.07) is 7.03. The van der Waals surface area contributed by atoms with Gasteiger partial charge in [-0.1, -0.05) is 23.7 Å². The summed E-state index contributed by atoms with van der Waals surface area (Å²) in [7, 11) is 0. The van der Waals surface area contributed by atoms with E-state index in [9.17, 15) is 9.59 Å². The Bertz CT molecular complexity index is 426. The molecule has 0 saturated carbocycles. The summed E-state index contributed by atoms with van der Waals surface area (Å²) in [6.07, 6.45) is 0.465. The maximum atomic E-state index is 11.6. The zero-order chi connectivity index (χ0) is 13.4. The number of hydrogen-bond acceptors (Lipinski definition) is 3. The Hall–Kier alpha value is -1.20. The molecule has 0 fully saturated rings. The van der Waals surface area contributed by atoms with E-state index in [1.165, 1.54) is 11.8 Å². The second-order valence-corrected chi connectivity index (χ2v) is 5.17. The van der Waals surface area contributed by atoms with Gasteiger partial charge in [0.1, 0.15) is 0 Å². The molecule has 1 amide bonds. The number of amides is 1. The molecule has 0 spiro atoms. The first-order valence-corrected chi connectivity index (χ1v) is 6.97. The Balaban J connectivity index is 2.22. The van der Waals surface area contributed by atoms with E-state index in [4.69, 9.17) is 16.7 Å². The molecule has 0 bridgehead atoms. The molecule has 0 aromatic heterocycles. The number of aliphatic carboxylic acids is 1. The molecule has 0 aliphatic rings. The Kier molecular flexibility index (Phi) is 6.60. The molecule has 18 heavy (non-hydrogen) atoms. The van der Waals surface area contributed by atoms with Gasteiger partial charge in [0.2, 0.25) is 5.91 Å². The van der Waals surface area contributed by atoms with E-state index >= 15 is 0 Å². The summed E-state index contributed by atoms with van der Waals surface area (Å²) in [5.74, 6) is 0.187. The lowest BCUT2D eigenvalue weighted by molar-refractivity contribution is -0.136. The second kappa shape index (κ2) is 8.00. The van der Waals surface area contributed by atoms with Crippen LogP contribution in [0.25, 0.3) is 0 Å². The molecule has 0 unspecified atom stereocenters. The number of thioether (sulfide) groups is 1. The molecule has 0 atom stereocenters. The third-order valence-electron chi connectivity index (χ3n) is 2.08. The molecule has 2 N–H and O–H groups in total. The number of carbonyl (C=O) groups is 2. The lowest BCUT2D eigenvalue weighted by atomic mass is 10.3. The molecule has 0 radical (unpaired) electrons. The van der Waals surface area contributed by atoms with Gasteiger partial charge in [-0.25, -0.2) is 0 Å². The fraction of sp³-hybridized carbons (Fsp3) is 0.333. The molecule has 6 heteroatoms. The highest BCUT2D eigenvalue weighted by molar-refractivity contribution is 7.99. The van der Waals surface area contributed by atoms with Crippen LogP contribution in [0.5, 0.6) is 0 Å². The van der Waals surface area contributed by atoms with E-state index in [0.29, 0.717) is 28.6 Å². The average molecular weight is 288 g/mol. The Morgan fingerprint density at radius 1 is 1.22 bits per heavy atom. The number of para-hydroxylation sites is 1. The number of benzene rings is 1. The van der Waals surface area contributed by atoms with E-state index in [0.717, 1.165) is 0 Å². The van der Waals surface area contributed by atoms with Crippen molar-refractivity contribution in [1.29, 1.82) is 0 Å². The molecule has 98 valence electrons. The van der Waals surface area contributed by atoms with Crippen LogP contribution in [0.1, 0.15) is 12.8 Å². The van der Waals surface area contributed by atoms with Gasteiger partial charge in [0, 0.05) is 17.9 Å². The van der Waals surface area contributed by atoms with Gasteiger partial charge in [-0.15, -0.1) is 0 Å². The predicted octanol–water partition coefficient (Wildman–Crippen LogP) is 2.88. The van der Waals surface area contributed by atoms with E-state index in [1.54, 1.807) is 24.3 Å². The molecule has 0 saturated heterocycles.